The van der Waals surface area contributed by atoms with Gasteiger partial charge in [0.1, 0.15) is 23.9 Å². The summed E-state index contributed by atoms with van der Waals surface area (Å²) in [4.78, 5) is 38.5. The van der Waals surface area contributed by atoms with E-state index >= 15 is 0 Å². The zero-order valence-electron chi connectivity index (χ0n) is 30.3. The number of aromatic nitrogens is 1. The Labute approximate surface area is 306 Å². The van der Waals surface area contributed by atoms with Crippen LogP contribution in [0.3, 0.4) is 0 Å². The minimum absolute atomic E-state index is 0.116. The number of nitrogens with zero attached hydrogens (tertiary/aromatic N) is 1. The van der Waals surface area contributed by atoms with Crippen LogP contribution < -0.4 is 14.2 Å². The Balaban J connectivity index is 1.20. The Morgan fingerprint density at radius 2 is 1.13 bits per heavy atom. The molecule has 1 aromatic heterocycles. The Morgan fingerprint density at radius 3 is 1.75 bits per heavy atom. The third-order valence-corrected chi connectivity index (χ3v) is 8.20. The number of aryl methyl sites for hydroxylation is 2. The maximum atomic E-state index is 12.2. The summed E-state index contributed by atoms with van der Waals surface area (Å²) in [6.07, 6.45) is 10.9. The summed E-state index contributed by atoms with van der Waals surface area (Å²) in [6.45, 7) is 8.49. The van der Waals surface area contributed by atoms with Gasteiger partial charge < -0.3 is 23.7 Å². The highest BCUT2D eigenvalue weighted by molar-refractivity contribution is 6.32. The quantitative estimate of drug-likeness (QED) is 0.0325. The average molecular weight is 708 g/mol. The van der Waals surface area contributed by atoms with Crippen LogP contribution in [-0.2, 0) is 43.3 Å². The highest BCUT2D eigenvalue weighted by Crippen LogP contribution is 2.28. The molecule has 9 heteroatoms. The fourth-order valence-electron chi connectivity index (χ4n) is 5.32. The van der Waals surface area contributed by atoms with Crippen molar-refractivity contribution in [2.45, 2.75) is 71.8 Å². The molecule has 0 unspecified atom stereocenters. The first-order chi connectivity index (χ1) is 25.3. The third-order valence-electron chi connectivity index (χ3n) is 8.20. The van der Waals surface area contributed by atoms with E-state index in [0.29, 0.717) is 37.6 Å². The van der Waals surface area contributed by atoms with E-state index in [9.17, 15) is 14.4 Å². The molecule has 0 amide bonds. The van der Waals surface area contributed by atoms with Gasteiger partial charge in [-0.3, -0.25) is 9.78 Å². The van der Waals surface area contributed by atoms with Gasteiger partial charge in [0.05, 0.1) is 26.4 Å². The van der Waals surface area contributed by atoms with Crippen molar-refractivity contribution in [3.63, 3.8) is 0 Å². The molecule has 1 heterocycles. The lowest BCUT2D eigenvalue weighted by Gasteiger charge is -2.14. The van der Waals surface area contributed by atoms with Crippen LogP contribution in [0.1, 0.15) is 69.1 Å². The van der Waals surface area contributed by atoms with Crippen LogP contribution in [0.5, 0.6) is 17.2 Å². The fraction of sp³-hybridized carbons (Fsp3) is 0.349. The second-order valence-electron chi connectivity index (χ2n) is 12.6. The number of benzene rings is 3. The molecule has 274 valence electrons. The Kier molecular flexibility index (Phi) is 16.4. The van der Waals surface area contributed by atoms with Crippen molar-refractivity contribution in [3.8, 4) is 28.4 Å². The third kappa shape index (κ3) is 14.1. The molecule has 0 bridgehead atoms. The van der Waals surface area contributed by atoms with Crippen LogP contribution in [0.15, 0.2) is 103 Å². The fourth-order valence-corrected chi connectivity index (χ4v) is 5.32. The summed E-state index contributed by atoms with van der Waals surface area (Å²) < 4.78 is 27.8. The molecule has 4 rings (SSSR count). The number of rotatable bonds is 23. The molecule has 0 saturated carbocycles. The molecule has 0 radical (unpaired) electrons. The maximum Gasteiger partial charge on any atom is 0.374 e. The van der Waals surface area contributed by atoms with Gasteiger partial charge in [0.2, 0.25) is 5.78 Å². The van der Waals surface area contributed by atoms with E-state index in [-0.39, 0.29) is 13.2 Å². The van der Waals surface area contributed by atoms with Crippen molar-refractivity contribution in [2.24, 2.45) is 0 Å². The van der Waals surface area contributed by atoms with Crippen molar-refractivity contribution in [1.82, 2.24) is 4.98 Å². The van der Waals surface area contributed by atoms with E-state index in [1.165, 1.54) is 18.1 Å². The molecule has 0 aliphatic rings. The lowest BCUT2D eigenvalue weighted by Crippen LogP contribution is -2.15. The second kappa shape index (κ2) is 21.7. The van der Waals surface area contributed by atoms with Crippen molar-refractivity contribution in [1.29, 1.82) is 0 Å². The lowest BCUT2D eigenvalue weighted by atomic mass is 9.95. The van der Waals surface area contributed by atoms with Gasteiger partial charge in [-0.05, 0) is 116 Å². The van der Waals surface area contributed by atoms with Gasteiger partial charge in [0, 0.05) is 31.3 Å². The maximum absolute atomic E-state index is 12.2. The number of hydrogen-bond donors (Lipinski definition) is 0. The molecular formula is C43H49NO8. The number of pyridine rings is 1. The Bertz CT molecular complexity index is 1720. The van der Waals surface area contributed by atoms with Crippen molar-refractivity contribution in [3.05, 3.63) is 120 Å². The summed E-state index contributed by atoms with van der Waals surface area (Å²) in [5.41, 5.74) is 5.68. The van der Waals surface area contributed by atoms with Gasteiger partial charge >= 0.3 is 11.9 Å². The van der Waals surface area contributed by atoms with Crippen LogP contribution in [0.2, 0.25) is 0 Å². The zero-order chi connectivity index (χ0) is 37.0. The number of unbranched alkanes of at least 4 members (excludes halogenated alkanes) is 3. The summed E-state index contributed by atoms with van der Waals surface area (Å²) in [6, 6.07) is 26.1. The molecule has 0 spiro atoms. The van der Waals surface area contributed by atoms with Gasteiger partial charge in [-0.1, -0.05) is 49.0 Å². The SMILES string of the molecule is C=C(C)C(=O)OCc1cc(CCCCc2ccc(OCCCCCOc3ccncc3)cc2)ccc1-c1ccc(OCCCOC(=O)C(C)=O)cc1. The van der Waals surface area contributed by atoms with Crippen LogP contribution in [0.4, 0.5) is 0 Å². The highest BCUT2D eigenvalue weighted by Gasteiger charge is 2.12. The molecule has 9 nitrogen and oxygen atoms in total. The largest absolute Gasteiger partial charge is 0.494 e. The predicted octanol–water partition coefficient (Wildman–Crippen LogP) is 8.46. The standard InChI is InChI=1S/C43H49NO8/c1-32(2)42(46)52-31-37-30-35(14-21-41(37)36-15-19-39(20-16-36)50-28-9-29-51-43(47)33(3)45)11-6-5-10-34-12-17-38(18-13-34)48-26-7-4-8-27-49-40-22-24-44-25-23-40/h12-25,30H,1,4-11,26-29,31H2,2-3H3. The topological polar surface area (TPSA) is 110 Å². The molecule has 4 aromatic rings. The van der Waals surface area contributed by atoms with Gasteiger partial charge in [0.25, 0.3) is 0 Å². The van der Waals surface area contributed by atoms with E-state index in [4.69, 9.17) is 23.7 Å². The minimum Gasteiger partial charge on any atom is -0.494 e. The summed E-state index contributed by atoms with van der Waals surface area (Å²) in [5, 5.41) is 0. The molecule has 52 heavy (non-hydrogen) atoms. The lowest BCUT2D eigenvalue weighted by molar-refractivity contribution is -0.153. The Hall–Kier alpha value is -5.44. The first-order valence-electron chi connectivity index (χ1n) is 17.9. The van der Waals surface area contributed by atoms with E-state index in [1.54, 1.807) is 19.3 Å². The molecule has 0 fully saturated rings. The molecule has 0 aliphatic heterocycles. The van der Waals surface area contributed by atoms with Gasteiger partial charge in [-0.15, -0.1) is 0 Å². The highest BCUT2D eigenvalue weighted by atomic mass is 16.5. The van der Waals surface area contributed by atoms with Gasteiger partial charge in [0.15, 0.2) is 0 Å². The number of carbonyl (C=O) groups excluding carboxylic acids is 3. The molecule has 0 saturated heterocycles. The molecule has 0 N–H and O–H groups in total. The van der Waals surface area contributed by atoms with E-state index in [0.717, 1.165) is 73.1 Å². The summed E-state index contributed by atoms with van der Waals surface area (Å²) >= 11 is 0. The van der Waals surface area contributed by atoms with Crippen LogP contribution in [0, 0.1) is 0 Å². The number of hydrogen-bond acceptors (Lipinski definition) is 9. The van der Waals surface area contributed by atoms with Gasteiger partial charge in [-0.2, -0.15) is 0 Å². The average Bonchev–Trinajstić information content (AvgIpc) is 3.16. The van der Waals surface area contributed by atoms with Crippen molar-refractivity contribution < 1.29 is 38.1 Å². The van der Waals surface area contributed by atoms with Crippen LogP contribution >= 0.6 is 0 Å². The molecular weight excluding hydrogens is 658 g/mol. The van der Waals surface area contributed by atoms with Crippen LogP contribution in [-0.4, -0.2) is 49.1 Å². The number of esters is 2. The normalized spacial score (nSPS) is 10.7. The zero-order valence-corrected chi connectivity index (χ0v) is 30.3. The second-order valence-corrected chi connectivity index (χ2v) is 12.6. The van der Waals surface area contributed by atoms with Crippen molar-refractivity contribution >= 4 is 17.7 Å². The smallest absolute Gasteiger partial charge is 0.374 e. The summed E-state index contributed by atoms with van der Waals surface area (Å²) in [5.74, 6) is 0.538. The predicted molar refractivity (Wildman–Crippen MR) is 200 cm³/mol. The van der Waals surface area contributed by atoms with E-state index in [2.05, 4.69) is 54.0 Å². The first-order valence-corrected chi connectivity index (χ1v) is 17.9. The number of carbonyl (C=O) groups is 3. The monoisotopic (exact) mass is 707 g/mol. The van der Waals surface area contributed by atoms with Gasteiger partial charge in [-0.25, -0.2) is 9.59 Å². The first kappa shape index (κ1) is 39.3. The minimum atomic E-state index is -0.837. The Morgan fingerprint density at radius 1 is 0.577 bits per heavy atom. The molecule has 0 aliphatic carbocycles. The van der Waals surface area contributed by atoms with Crippen LogP contribution in [0.25, 0.3) is 11.1 Å². The van der Waals surface area contributed by atoms with E-state index in [1.807, 2.05) is 36.4 Å². The van der Waals surface area contributed by atoms with E-state index < -0.39 is 17.7 Å². The number of ether oxygens (including phenoxy) is 5. The number of ketones is 1. The molecule has 3 aromatic carbocycles. The summed E-state index contributed by atoms with van der Waals surface area (Å²) in [7, 11) is 0. The molecule has 0 atom stereocenters. The van der Waals surface area contributed by atoms with Crippen molar-refractivity contribution in [2.75, 3.05) is 26.4 Å². The number of Topliss-reactive ketones (excluding diaryl/α,β-unsaturated/α-hetero) is 1.